The largest absolute Gasteiger partial charge is 0.384 e. The van der Waals surface area contributed by atoms with Crippen molar-refractivity contribution in [3.63, 3.8) is 0 Å². The van der Waals surface area contributed by atoms with Gasteiger partial charge in [0.1, 0.15) is 5.84 Å². The van der Waals surface area contributed by atoms with Gasteiger partial charge >= 0.3 is 10.2 Å². The van der Waals surface area contributed by atoms with Gasteiger partial charge in [-0.25, -0.2) is 9.73 Å². The van der Waals surface area contributed by atoms with E-state index in [0.29, 0.717) is 18.7 Å². The molecule has 11 heteroatoms. The van der Waals surface area contributed by atoms with E-state index in [1.807, 2.05) is 42.5 Å². The molecular formula is C23H31N7O3S. The van der Waals surface area contributed by atoms with Crippen LogP contribution in [0.25, 0.3) is 0 Å². The summed E-state index contributed by atoms with van der Waals surface area (Å²) < 4.78 is 34.8. The van der Waals surface area contributed by atoms with Crippen LogP contribution in [0, 0.1) is 5.41 Å². The third-order valence-electron chi connectivity index (χ3n) is 5.52. The molecule has 0 radical (unpaired) electrons. The van der Waals surface area contributed by atoms with Crippen LogP contribution < -0.4 is 10.5 Å². The Kier molecular flexibility index (Phi) is 8.37. The highest BCUT2D eigenvalue weighted by atomic mass is 32.2. The molecule has 34 heavy (non-hydrogen) atoms. The van der Waals surface area contributed by atoms with Gasteiger partial charge in [-0.2, -0.15) is 17.8 Å². The Bertz CT molecular complexity index is 1150. The van der Waals surface area contributed by atoms with E-state index >= 15 is 0 Å². The molecule has 1 heterocycles. The van der Waals surface area contributed by atoms with Crippen LogP contribution in [0.4, 0.5) is 0 Å². The van der Waals surface area contributed by atoms with E-state index in [-0.39, 0.29) is 30.9 Å². The second-order valence-corrected chi connectivity index (χ2v) is 9.33. The number of likely N-dealkylation sites (N-methyl/N-ethyl adjacent to an activating group) is 1. The van der Waals surface area contributed by atoms with Crippen LogP contribution in [0.5, 0.6) is 0 Å². The number of methoxy groups -OCH3 is 1. The molecule has 0 amide bonds. The molecule has 0 spiro atoms. The molecule has 0 saturated heterocycles. The SMILES string of the molecule is CCN(CCOC)S(=O)(=O)NC(=NC)N1CC(c2ccccc2)C(c2ccc(C(=N)N)cc2)=N1. The highest BCUT2D eigenvalue weighted by Gasteiger charge is 2.33. The lowest BCUT2D eigenvalue weighted by Crippen LogP contribution is -2.49. The van der Waals surface area contributed by atoms with Crippen molar-refractivity contribution in [1.29, 1.82) is 5.41 Å². The topological polar surface area (TPSA) is 136 Å². The Morgan fingerprint density at radius 3 is 2.50 bits per heavy atom. The lowest BCUT2D eigenvalue weighted by atomic mass is 9.90. The maximum absolute atomic E-state index is 13.0. The van der Waals surface area contributed by atoms with E-state index in [2.05, 4.69) is 9.71 Å². The zero-order valence-electron chi connectivity index (χ0n) is 19.6. The molecule has 0 fully saturated rings. The number of hydrogen-bond acceptors (Lipinski definition) is 6. The van der Waals surface area contributed by atoms with Gasteiger partial charge < -0.3 is 10.5 Å². The summed E-state index contributed by atoms with van der Waals surface area (Å²) in [5.41, 5.74) is 8.89. The zero-order valence-corrected chi connectivity index (χ0v) is 20.4. The molecule has 1 atom stereocenters. The summed E-state index contributed by atoms with van der Waals surface area (Å²) in [4.78, 5) is 4.19. The third-order valence-corrected chi connectivity index (χ3v) is 7.08. The van der Waals surface area contributed by atoms with Crippen LogP contribution in [0.1, 0.15) is 29.5 Å². The van der Waals surface area contributed by atoms with Crippen molar-refractivity contribution in [1.82, 2.24) is 14.0 Å². The number of ether oxygens (including phenoxy) is 1. The molecule has 3 rings (SSSR count). The molecule has 10 nitrogen and oxygen atoms in total. The summed E-state index contributed by atoms with van der Waals surface area (Å²) in [5, 5.41) is 14.0. The fourth-order valence-electron chi connectivity index (χ4n) is 3.70. The highest BCUT2D eigenvalue weighted by molar-refractivity contribution is 7.87. The Labute approximate surface area is 200 Å². The van der Waals surface area contributed by atoms with Crippen molar-refractivity contribution >= 4 is 27.7 Å². The number of aliphatic imine (C=N–C) groups is 1. The molecule has 0 saturated carbocycles. The Hall–Kier alpha value is -3.28. The molecule has 0 bridgehead atoms. The van der Waals surface area contributed by atoms with Gasteiger partial charge in [0.05, 0.1) is 18.9 Å². The van der Waals surface area contributed by atoms with Crippen molar-refractivity contribution < 1.29 is 13.2 Å². The first-order valence-electron chi connectivity index (χ1n) is 10.9. The van der Waals surface area contributed by atoms with Crippen LogP contribution in [-0.4, -0.2) is 75.6 Å². The summed E-state index contributed by atoms with van der Waals surface area (Å²) in [5.74, 6) is 0.0125. The second-order valence-electron chi connectivity index (χ2n) is 7.66. The summed E-state index contributed by atoms with van der Waals surface area (Å²) in [6.07, 6.45) is 0. The minimum atomic E-state index is -3.85. The smallest absolute Gasteiger partial charge is 0.304 e. The molecule has 0 aliphatic carbocycles. The molecule has 1 unspecified atom stereocenters. The van der Waals surface area contributed by atoms with Gasteiger partial charge in [0, 0.05) is 38.7 Å². The third kappa shape index (κ3) is 5.79. The molecule has 0 aromatic heterocycles. The summed E-state index contributed by atoms with van der Waals surface area (Å²) in [6.45, 7) is 2.97. The van der Waals surface area contributed by atoms with Gasteiger partial charge in [-0.05, 0) is 11.1 Å². The van der Waals surface area contributed by atoms with Crippen molar-refractivity contribution in [2.45, 2.75) is 12.8 Å². The Morgan fingerprint density at radius 2 is 1.94 bits per heavy atom. The summed E-state index contributed by atoms with van der Waals surface area (Å²) >= 11 is 0. The summed E-state index contributed by atoms with van der Waals surface area (Å²) in [6, 6.07) is 17.2. The van der Waals surface area contributed by atoms with Crippen LogP contribution in [0.2, 0.25) is 0 Å². The molecule has 2 aromatic carbocycles. The van der Waals surface area contributed by atoms with Crippen LogP contribution in [0.15, 0.2) is 64.7 Å². The number of nitrogens with two attached hydrogens (primary N) is 1. The fraction of sp³-hybridized carbons (Fsp3) is 0.348. The predicted octanol–water partition coefficient (Wildman–Crippen LogP) is 1.56. The molecule has 1 aliphatic rings. The number of amidine groups is 1. The molecular weight excluding hydrogens is 454 g/mol. The normalized spacial score (nSPS) is 16.6. The fourth-order valence-corrected chi connectivity index (χ4v) is 4.91. The van der Waals surface area contributed by atoms with Crippen molar-refractivity contribution in [2.24, 2.45) is 15.8 Å². The Morgan fingerprint density at radius 1 is 1.26 bits per heavy atom. The van der Waals surface area contributed by atoms with E-state index in [1.165, 1.54) is 18.5 Å². The van der Waals surface area contributed by atoms with E-state index in [4.69, 9.17) is 21.0 Å². The van der Waals surface area contributed by atoms with Crippen molar-refractivity contribution in [2.75, 3.05) is 40.4 Å². The van der Waals surface area contributed by atoms with Crippen LogP contribution in [0.3, 0.4) is 0 Å². The maximum Gasteiger partial charge on any atom is 0.304 e. The lowest BCUT2D eigenvalue weighted by Gasteiger charge is -2.24. The number of rotatable bonds is 9. The number of benzene rings is 2. The van der Waals surface area contributed by atoms with Crippen LogP contribution >= 0.6 is 0 Å². The van der Waals surface area contributed by atoms with E-state index in [9.17, 15) is 8.42 Å². The minimum Gasteiger partial charge on any atom is -0.384 e. The zero-order chi connectivity index (χ0) is 24.7. The standard InChI is InChI=1S/C23H31N7O3S/c1-4-29(14-15-33-3)34(31,32)28-23(26-2)30-16-20(17-8-6-5-7-9-17)21(27-30)18-10-12-19(13-11-18)22(24)25/h5-13,20H,4,14-16H2,1-3H3,(H3,24,25)(H,26,28). The van der Waals surface area contributed by atoms with E-state index in [1.54, 1.807) is 24.1 Å². The first kappa shape index (κ1) is 25.3. The van der Waals surface area contributed by atoms with E-state index < -0.39 is 10.2 Å². The number of nitrogens with one attached hydrogen (secondary N) is 2. The highest BCUT2D eigenvalue weighted by Crippen LogP contribution is 2.29. The van der Waals surface area contributed by atoms with Gasteiger partial charge in [0.15, 0.2) is 0 Å². The van der Waals surface area contributed by atoms with Crippen LogP contribution in [-0.2, 0) is 14.9 Å². The number of guanidine groups is 1. The molecule has 1 aliphatic heterocycles. The van der Waals surface area contributed by atoms with Gasteiger partial charge in [0.25, 0.3) is 0 Å². The lowest BCUT2D eigenvalue weighted by molar-refractivity contribution is 0.180. The number of nitrogen functional groups attached to an aromatic ring is 1. The summed E-state index contributed by atoms with van der Waals surface area (Å²) in [7, 11) is -0.797. The number of hydrogen-bond donors (Lipinski definition) is 3. The number of hydrazone groups is 1. The molecule has 4 N–H and O–H groups in total. The Balaban J connectivity index is 1.93. The average Bonchev–Trinajstić information content (AvgIpc) is 3.29. The monoisotopic (exact) mass is 485 g/mol. The quantitative estimate of drug-likeness (QED) is 0.366. The minimum absolute atomic E-state index is 0.00935. The van der Waals surface area contributed by atoms with Crippen molar-refractivity contribution in [3.8, 4) is 0 Å². The van der Waals surface area contributed by atoms with Crippen molar-refractivity contribution in [3.05, 3.63) is 71.3 Å². The van der Waals surface area contributed by atoms with Gasteiger partial charge in [-0.1, -0.05) is 61.5 Å². The average molecular weight is 486 g/mol. The second kappa shape index (κ2) is 11.2. The van der Waals surface area contributed by atoms with Gasteiger partial charge in [-0.15, -0.1) is 0 Å². The first-order chi connectivity index (χ1) is 16.3. The first-order valence-corrected chi connectivity index (χ1v) is 12.3. The number of nitrogens with zero attached hydrogens (tertiary/aromatic N) is 4. The van der Waals surface area contributed by atoms with Gasteiger partial charge in [-0.3, -0.25) is 10.4 Å². The predicted molar refractivity (Wildman–Crippen MR) is 134 cm³/mol. The molecule has 182 valence electrons. The molecule has 2 aromatic rings. The maximum atomic E-state index is 13.0. The van der Waals surface area contributed by atoms with E-state index in [0.717, 1.165) is 16.8 Å². The van der Waals surface area contributed by atoms with Gasteiger partial charge in [0.2, 0.25) is 5.96 Å².